The van der Waals surface area contributed by atoms with Gasteiger partial charge in [-0.3, -0.25) is 0 Å². The Bertz CT molecular complexity index is 1070. The summed E-state index contributed by atoms with van der Waals surface area (Å²) in [6, 6.07) is 32.9. The average Bonchev–Trinajstić information content (AvgIpc) is 2.74. The molecule has 0 aromatic heterocycles. The molecule has 0 atom stereocenters. The number of rotatable bonds is 4. The first kappa shape index (κ1) is 18.1. The topological polar surface area (TPSA) is 20.2 Å². The van der Waals surface area contributed by atoms with Gasteiger partial charge in [0.15, 0.2) is 0 Å². The summed E-state index contributed by atoms with van der Waals surface area (Å²) in [6.45, 7) is 4.39. The lowest BCUT2D eigenvalue weighted by molar-refractivity contribution is 0.476. The van der Waals surface area contributed by atoms with Gasteiger partial charge in [0.05, 0.1) is 0 Å². The largest absolute Gasteiger partial charge is 0.507 e. The highest BCUT2D eigenvalue weighted by atomic mass is 16.3. The normalized spacial score (nSPS) is 11.0. The number of hydrogen-bond donors (Lipinski definition) is 1. The van der Waals surface area contributed by atoms with Gasteiger partial charge >= 0.3 is 0 Å². The molecule has 28 heavy (non-hydrogen) atoms. The van der Waals surface area contributed by atoms with E-state index >= 15 is 0 Å². The van der Waals surface area contributed by atoms with Crippen molar-refractivity contribution in [2.24, 2.45) is 0 Å². The molecule has 0 aliphatic carbocycles. The van der Waals surface area contributed by atoms with Gasteiger partial charge in [0.1, 0.15) is 5.75 Å². The van der Waals surface area contributed by atoms with Gasteiger partial charge in [0.25, 0.3) is 0 Å². The first-order valence-corrected chi connectivity index (χ1v) is 9.73. The third-order valence-corrected chi connectivity index (χ3v) is 5.13. The smallest absolute Gasteiger partial charge is 0.124 e. The van der Waals surface area contributed by atoms with Crippen LogP contribution in [0.1, 0.15) is 25.3 Å². The number of aromatic hydroxyl groups is 1. The predicted molar refractivity (Wildman–Crippen MR) is 119 cm³/mol. The van der Waals surface area contributed by atoms with E-state index in [2.05, 4.69) is 62.4 Å². The van der Waals surface area contributed by atoms with Crippen LogP contribution in [0.3, 0.4) is 0 Å². The molecule has 1 N–H and O–H groups in total. The van der Waals surface area contributed by atoms with E-state index in [1.54, 1.807) is 0 Å². The van der Waals surface area contributed by atoms with E-state index in [1.165, 1.54) is 16.7 Å². The van der Waals surface area contributed by atoms with E-state index in [0.29, 0.717) is 5.75 Å². The van der Waals surface area contributed by atoms with Crippen LogP contribution in [0.15, 0.2) is 97.1 Å². The van der Waals surface area contributed by atoms with Crippen LogP contribution in [0.2, 0.25) is 0 Å². The molecule has 0 saturated carbocycles. The first-order chi connectivity index (χ1) is 13.7. The summed E-state index contributed by atoms with van der Waals surface area (Å²) in [7, 11) is 0. The monoisotopic (exact) mass is 364 g/mol. The minimum Gasteiger partial charge on any atom is -0.507 e. The summed E-state index contributed by atoms with van der Waals surface area (Å²) in [5, 5.41) is 11.1. The predicted octanol–water partition coefficient (Wildman–Crippen LogP) is 7.52. The van der Waals surface area contributed by atoms with E-state index < -0.39 is 0 Å². The lowest BCUT2D eigenvalue weighted by Crippen LogP contribution is -2.00. The van der Waals surface area contributed by atoms with E-state index in [1.807, 2.05) is 48.5 Å². The Morgan fingerprint density at radius 2 is 1.00 bits per heavy atom. The van der Waals surface area contributed by atoms with Crippen molar-refractivity contribution in [3.63, 3.8) is 0 Å². The molecule has 0 amide bonds. The van der Waals surface area contributed by atoms with Gasteiger partial charge in [0.2, 0.25) is 0 Å². The van der Waals surface area contributed by atoms with Crippen LogP contribution < -0.4 is 0 Å². The SMILES string of the molecule is CC(C)c1c(-c2ccccc2)c(O)cc(-c2ccccc2)c1-c1ccccc1. The van der Waals surface area contributed by atoms with Crippen molar-refractivity contribution in [3.05, 3.63) is 103 Å². The van der Waals surface area contributed by atoms with Crippen molar-refractivity contribution < 1.29 is 5.11 Å². The molecule has 4 aromatic carbocycles. The van der Waals surface area contributed by atoms with Crippen LogP contribution >= 0.6 is 0 Å². The fourth-order valence-corrected chi connectivity index (χ4v) is 3.94. The standard InChI is InChI=1S/C27H24O/c1-19(2)25-26(21-14-8-4-9-15-21)23(20-12-6-3-7-13-20)18-24(28)27(25)22-16-10-5-11-17-22/h3-19,28H,1-2H3. The van der Waals surface area contributed by atoms with Crippen molar-refractivity contribution in [2.75, 3.05) is 0 Å². The molecule has 0 bridgehead atoms. The molecular weight excluding hydrogens is 340 g/mol. The molecule has 0 saturated heterocycles. The Kier molecular flexibility index (Phi) is 4.99. The van der Waals surface area contributed by atoms with Gasteiger partial charge in [-0.25, -0.2) is 0 Å². The molecule has 1 heteroatoms. The summed E-state index contributed by atoms with van der Waals surface area (Å²) in [4.78, 5) is 0. The number of phenols is 1. The van der Waals surface area contributed by atoms with Gasteiger partial charge < -0.3 is 5.11 Å². The number of hydrogen-bond acceptors (Lipinski definition) is 1. The number of benzene rings is 4. The highest BCUT2D eigenvalue weighted by molar-refractivity contribution is 5.93. The first-order valence-electron chi connectivity index (χ1n) is 9.73. The summed E-state index contributed by atoms with van der Waals surface area (Å²) >= 11 is 0. The van der Waals surface area contributed by atoms with Gasteiger partial charge in [-0.05, 0) is 45.4 Å². The molecule has 0 spiro atoms. The third kappa shape index (κ3) is 3.32. The van der Waals surface area contributed by atoms with E-state index in [4.69, 9.17) is 0 Å². The van der Waals surface area contributed by atoms with Crippen LogP contribution in [-0.4, -0.2) is 5.11 Å². The molecule has 1 nitrogen and oxygen atoms in total. The molecule has 0 heterocycles. The van der Waals surface area contributed by atoms with Crippen LogP contribution in [0.5, 0.6) is 5.75 Å². The second-order valence-corrected chi connectivity index (χ2v) is 7.36. The Morgan fingerprint density at radius 1 is 0.571 bits per heavy atom. The summed E-state index contributed by atoms with van der Waals surface area (Å²) in [5.74, 6) is 0.577. The van der Waals surface area contributed by atoms with E-state index in [-0.39, 0.29) is 5.92 Å². The molecule has 0 fully saturated rings. The fourth-order valence-electron chi connectivity index (χ4n) is 3.94. The van der Waals surface area contributed by atoms with Crippen LogP contribution in [-0.2, 0) is 0 Å². The fraction of sp³-hybridized carbons (Fsp3) is 0.111. The highest BCUT2D eigenvalue weighted by Crippen LogP contribution is 2.47. The van der Waals surface area contributed by atoms with Gasteiger partial charge in [-0.15, -0.1) is 0 Å². The molecule has 4 rings (SSSR count). The highest BCUT2D eigenvalue weighted by Gasteiger charge is 2.22. The Morgan fingerprint density at radius 3 is 1.46 bits per heavy atom. The van der Waals surface area contributed by atoms with Crippen molar-refractivity contribution >= 4 is 0 Å². The quantitative estimate of drug-likeness (QED) is 0.397. The second kappa shape index (κ2) is 7.74. The summed E-state index contributed by atoms with van der Waals surface area (Å²) in [6.07, 6.45) is 0. The zero-order chi connectivity index (χ0) is 19.5. The average molecular weight is 364 g/mol. The van der Waals surface area contributed by atoms with E-state index in [9.17, 15) is 5.11 Å². The van der Waals surface area contributed by atoms with Crippen LogP contribution in [0, 0.1) is 0 Å². The lowest BCUT2D eigenvalue weighted by Gasteiger charge is -2.23. The Labute approximate surface area is 166 Å². The van der Waals surface area contributed by atoms with Gasteiger partial charge in [-0.1, -0.05) is 105 Å². The van der Waals surface area contributed by atoms with Gasteiger partial charge in [-0.2, -0.15) is 0 Å². The van der Waals surface area contributed by atoms with Crippen molar-refractivity contribution in [1.29, 1.82) is 0 Å². The van der Waals surface area contributed by atoms with Crippen molar-refractivity contribution in [1.82, 2.24) is 0 Å². The molecular formula is C27H24O. The zero-order valence-electron chi connectivity index (χ0n) is 16.3. The lowest BCUT2D eigenvalue weighted by atomic mass is 9.81. The summed E-state index contributed by atoms with van der Waals surface area (Å²) < 4.78 is 0. The zero-order valence-corrected chi connectivity index (χ0v) is 16.3. The summed E-state index contributed by atoms with van der Waals surface area (Å²) in [5.41, 5.74) is 7.68. The molecule has 0 unspecified atom stereocenters. The Balaban J connectivity index is 2.13. The maximum absolute atomic E-state index is 11.1. The van der Waals surface area contributed by atoms with Crippen molar-refractivity contribution in [2.45, 2.75) is 19.8 Å². The molecule has 0 aliphatic heterocycles. The molecule has 0 radical (unpaired) electrons. The van der Waals surface area contributed by atoms with E-state index in [0.717, 1.165) is 22.3 Å². The van der Waals surface area contributed by atoms with Crippen molar-refractivity contribution in [3.8, 4) is 39.1 Å². The van der Waals surface area contributed by atoms with Crippen LogP contribution in [0.25, 0.3) is 33.4 Å². The van der Waals surface area contributed by atoms with Crippen LogP contribution in [0.4, 0.5) is 0 Å². The minimum atomic E-state index is 0.250. The maximum atomic E-state index is 11.1. The third-order valence-electron chi connectivity index (χ3n) is 5.13. The minimum absolute atomic E-state index is 0.250. The Hall–Kier alpha value is -3.32. The molecule has 138 valence electrons. The maximum Gasteiger partial charge on any atom is 0.124 e. The van der Waals surface area contributed by atoms with Gasteiger partial charge in [0, 0.05) is 5.56 Å². The number of phenolic OH excluding ortho intramolecular Hbond substituents is 1. The molecule has 0 aliphatic rings. The molecule has 4 aromatic rings. The second-order valence-electron chi connectivity index (χ2n) is 7.36.